The van der Waals surface area contributed by atoms with E-state index in [4.69, 9.17) is 0 Å². The van der Waals surface area contributed by atoms with Crippen LogP contribution in [0.5, 0.6) is 0 Å². The van der Waals surface area contributed by atoms with E-state index in [9.17, 15) is 9.59 Å². The summed E-state index contributed by atoms with van der Waals surface area (Å²) in [5.74, 6) is 1.17. The molecule has 4 atom stereocenters. The van der Waals surface area contributed by atoms with Crippen molar-refractivity contribution in [3.63, 3.8) is 0 Å². The van der Waals surface area contributed by atoms with Crippen LogP contribution in [0.25, 0.3) is 0 Å². The first kappa shape index (κ1) is 17.3. The van der Waals surface area contributed by atoms with Crippen LogP contribution in [0.15, 0.2) is 0 Å². The van der Waals surface area contributed by atoms with Gasteiger partial charge in [0.15, 0.2) is 0 Å². The molecule has 3 aliphatic heterocycles. The molecule has 0 radical (unpaired) electrons. The van der Waals surface area contributed by atoms with Crippen molar-refractivity contribution in [3.8, 4) is 0 Å². The predicted octanol–water partition coefficient (Wildman–Crippen LogP) is 2.11. The Morgan fingerprint density at radius 1 is 0.840 bits per heavy atom. The number of rotatable bonds is 3. The molecule has 3 saturated heterocycles. The van der Waals surface area contributed by atoms with E-state index < -0.39 is 0 Å². The molecule has 5 nitrogen and oxygen atoms in total. The van der Waals surface area contributed by atoms with Crippen LogP contribution < -0.4 is 0 Å². The highest BCUT2D eigenvalue weighted by Crippen LogP contribution is 2.40. The maximum atomic E-state index is 13.2. The normalized spacial score (nSPS) is 36.5. The Balaban J connectivity index is 1.38. The second-order valence-electron chi connectivity index (χ2n) is 8.69. The molecule has 0 aromatic rings. The highest BCUT2D eigenvalue weighted by atomic mass is 16.2. The first-order valence-corrected chi connectivity index (χ1v) is 10.5. The third-order valence-corrected chi connectivity index (χ3v) is 6.88. The van der Waals surface area contributed by atoms with Crippen LogP contribution in [-0.2, 0) is 9.59 Å². The molecule has 4 rings (SSSR count). The van der Waals surface area contributed by atoms with Gasteiger partial charge in [0.1, 0.15) is 6.04 Å². The van der Waals surface area contributed by atoms with E-state index in [1.54, 1.807) is 0 Å². The molecule has 0 bridgehead atoms. The van der Waals surface area contributed by atoms with Crippen LogP contribution >= 0.6 is 0 Å². The number of carbonyl (C=O) groups is 2. The highest BCUT2D eigenvalue weighted by Gasteiger charge is 2.46. The van der Waals surface area contributed by atoms with Gasteiger partial charge in [-0.05, 0) is 64.0 Å². The SMILES string of the molecule is C[C@@H]1C[C@@H]1C(=O)N1CCCC[C@H]1C(=O)N1CC[C@@H](N2CCCCC2)C1. The van der Waals surface area contributed by atoms with E-state index in [-0.39, 0.29) is 23.8 Å². The third-order valence-electron chi connectivity index (χ3n) is 6.88. The minimum atomic E-state index is -0.186. The van der Waals surface area contributed by atoms with Crippen molar-refractivity contribution in [1.29, 1.82) is 0 Å². The first-order valence-electron chi connectivity index (χ1n) is 10.5. The molecule has 0 spiro atoms. The number of nitrogens with zero attached hydrogens (tertiary/aromatic N) is 3. The molecular weight excluding hydrogens is 314 g/mol. The van der Waals surface area contributed by atoms with Crippen molar-refractivity contribution in [2.75, 3.05) is 32.7 Å². The molecule has 4 fully saturated rings. The van der Waals surface area contributed by atoms with Gasteiger partial charge < -0.3 is 9.80 Å². The zero-order valence-electron chi connectivity index (χ0n) is 15.7. The number of piperidine rings is 2. The Morgan fingerprint density at radius 3 is 2.28 bits per heavy atom. The topological polar surface area (TPSA) is 43.9 Å². The van der Waals surface area contributed by atoms with Gasteiger partial charge in [0, 0.05) is 31.6 Å². The molecule has 25 heavy (non-hydrogen) atoms. The van der Waals surface area contributed by atoms with Crippen molar-refractivity contribution in [2.24, 2.45) is 11.8 Å². The predicted molar refractivity (Wildman–Crippen MR) is 97.0 cm³/mol. The maximum Gasteiger partial charge on any atom is 0.245 e. The third kappa shape index (κ3) is 3.57. The zero-order chi connectivity index (χ0) is 17.4. The number of amides is 2. The standard InChI is InChI=1S/C20H33N3O2/c1-15-13-17(15)19(24)23-11-6-3-7-18(23)20(25)22-12-8-16(14-22)21-9-4-2-5-10-21/h15-18H,2-14H2,1H3/t15-,16-,17+,18+/m1/s1. The van der Waals surface area contributed by atoms with Gasteiger partial charge in [-0.1, -0.05) is 13.3 Å². The summed E-state index contributed by atoms with van der Waals surface area (Å²) in [5, 5.41) is 0. The molecule has 0 N–H and O–H groups in total. The Kier molecular flexibility index (Phi) is 5.03. The van der Waals surface area contributed by atoms with Gasteiger partial charge in [-0.25, -0.2) is 0 Å². The average molecular weight is 348 g/mol. The van der Waals surface area contributed by atoms with Crippen LogP contribution in [0.4, 0.5) is 0 Å². The van der Waals surface area contributed by atoms with Crippen molar-refractivity contribution in [1.82, 2.24) is 14.7 Å². The monoisotopic (exact) mass is 347 g/mol. The van der Waals surface area contributed by atoms with Gasteiger partial charge in [-0.2, -0.15) is 0 Å². The Morgan fingerprint density at radius 2 is 1.56 bits per heavy atom. The molecule has 3 heterocycles. The van der Waals surface area contributed by atoms with E-state index in [1.807, 2.05) is 4.90 Å². The van der Waals surface area contributed by atoms with Crippen LogP contribution in [-0.4, -0.2) is 71.3 Å². The quantitative estimate of drug-likeness (QED) is 0.785. The van der Waals surface area contributed by atoms with Gasteiger partial charge in [0.05, 0.1) is 0 Å². The Hall–Kier alpha value is -1.10. The van der Waals surface area contributed by atoms with Crippen LogP contribution in [0, 0.1) is 11.8 Å². The number of hydrogen-bond donors (Lipinski definition) is 0. The van der Waals surface area contributed by atoms with Crippen molar-refractivity contribution >= 4 is 11.8 Å². The van der Waals surface area contributed by atoms with Crippen LogP contribution in [0.1, 0.15) is 58.3 Å². The van der Waals surface area contributed by atoms with Crippen molar-refractivity contribution < 1.29 is 9.59 Å². The molecular formula is C20H33N3O2. The van der Waals surface area contributed by atoms with Crippen molar-refractivity contribution in [3.05, 3.63) is 0 Å². The summed E-state index contributed by atoms with van der Waals surface area (Å²) < 4.78 is 0. The average Bonchev–Trinajstić information content (AvgIpc) is 3.19. The lowest BCUT2D eigenvalue weighted by molar-refractivity contribution is -0.148. The molecule has 0 aromatic carbocycles. The van der Waals surface area contributed by atoms with E-state index in [2.05, 4.69) is 16.7 Å². The van der Waals surface area contributed by atoms with E-state index in [0.29, 0.717) is 12.0 Å². The van der Waals surface area contributed by atoms with Gasteiger partial charge in [-0.3, -0.25) is 14.5 Å². The lowest BCUT2D eigenvalue weighted by atomic mass is 10.00. The van der Waals surface area contributed by atoms with E-state index in [0.717, 1.165) is 51.7 Å². The summed E-state index contributed by atoms with van der Waals surface area (Å²) in [6.07, 6.45) is 9.05. The lowest BCUT2D eigenvalue weighted by Gasteiger charge is -2.37. The largest absolute Gasteiger partial charge is 0.339 e. The molecule has 4 aliphatic rings. The molecule has 5 heteroatoms. The maximum absolute atomic E-state index is 13.2. The number of likely N-dealkylation sites (tertiary alicyclic amines) is 3. The van der Waals surface area contributed by atoms with Crippen molar-refractivity contribution in [2.45, 2.75) is 70.4 Å². The minimum Gasteiger partial charge on any atom is -0.339 e. The smallest absolute Gasteiger partial charge is 0.245 e. The van der Waals surface area contributed by atoms with E-state index in [1.165, 1.54) is 32.4 Å². The second-order valence-corrected chi connectivity index (χ2v) is 8.69. The summed E-state index contributed by atoms with van der Waals surface area (Å²) in [6.45, 7) is 7.06. The lowest BCUT2D eigenvalue weighted by Crippen LogP contribution is -2.53. The fraction of sp³-hybridized carbons (Fsp3) is 0.900. The van der Waals surface area contributed by atoms with Crippen LogP contribution in [0.2, 0.25) is 0 Å². The molecule has 140 valence electrons. The first-order chi connectivity index (χ1) is 12.1. The summed E-state index contributed by atoms with van der Waals surface area (Å²) in [5.41, 5.74) is 0. The number of hydrogen-bond acceptors (Lipinski definition) is 3. The van der Waals surface area contributed by atoms with Crippen LogP contribution in [0.3, 0.4) is 0 Å². The summed E-state index contributed by atoms with van der Waals surface area (Å²) in [7, 11) is 0. The van der Waals surface area contributed by atoms with Gasteiger partial charge in [0.25, 0.3) is 0 Å². The molecule has 0 aromatic heterocycles. The summed E-state index contributed by atoms with van der Waals surface area (Å²) in [4.78, 5) is 32.5. The Labute approximate surface area is 151 Å². The van der Waals surface area contributed by atoms with E-state index >= 15 is 0 Å². The molecule has 0 unspecified atom stereocenters. The summed E-state index contributed by atoms with van der Waals surface area (Å²) in [6, 6.07) is 0.356. The molecule has 1 aliphatic carbocycles. The second kappa shape index (κ2) is 7.26. The van der Waals surface area contributed by atoms with Gasteiger partial charge in [-0.15, -0.1) is 0 Å². The fourth-order valence-corrected chi connectivity index (χ4v) is 5.07. The number of carbonyl (C=O) groups excluding carboxylic acids is 2. The summed E-state index contributed by atoms with van der Waals surface area (Å²) >= 11 is 0. The molecule has 2 amide bonds. The zero-order valence-corrected chi connectivity index (χ0v) is 15.7. The molecule has 1 saturated carbocycles. The fourth-order valence-electron chi connectivity index (χ4n) is 5.07. The van der Waals surface area contributed by atoms with Gasteiger partial charge >= 0.3 is 0 Å². The van der Waals surface area contributed by atoms with Gasteiger partial charge in [0.2, 0.25) is 11.8 Å². The Bertz CT molecular complexity index is 517. The highest BCUT2D eigenvalue weighted by molar-refractivity contribution is 5.90. The minimum absolute atomic E-state index is 0.186.